The van der Waals surface area contributed by atoms with Crippen molar-refractivity contribution in [2.45, 2.75) is 83.3 Å². The number of carbonyl (C=O) groups excluding carboxylic acids is 1. The normalized spacial score (nSPS) is 15.8. The fraction of sp³-hybridized carbons (Fsp3) is 0.824. The van der Waals surface area contributed by atoms with Crippen LogP contribution in [0.3, 0.4) is 0 Å². The van der Waals surface area contributed by atoms with Gasteiger partial charge >= 0.3 is 5.97 Å². The van der Waals surface area contributed by atoms with Crippen molar-refractivity contribution >= 4 is 5.97 Å². The van der Waals surface area contributed by atoms with E-state index in [1.54, 1.807) is 6.92 Å². The van der Waals surface area contributed by atoms with E-state index < -0.39 is 24.0 Å². The van der Waals surface area contributed by atoms with Crippen molar-refractivity contribution in [3.63, 3.8) is 0 Å². The number of alkyl halides is 2. The first-order chi connectivity index (χ1) is 10.8. The zero-order valence-electron chi connectivity index (χ0n) is 14.3. The predicted octanol–water partition coefficient (Wildman–Crippen LogP) is 3.57. The van der Waals surface area contributed by atoms with Crippen molar-refractivity contribution in [1.29, 1.82) is 0 Å². The van der Waals surface area contributed by atoms with E-state index in [1.807, 2.05) is 12.2 Å². The Labute approximate surface area is 138 Å². The minimum absolute atomic E-state index is 0.00789. The van der Waals surface area contributed by atoms with Crippen LogP contribution >= 0.6 is 0 Å². The van der Waals surface area contributed by atoms with Gasteiger partial charge < -0.3 is 15.6 Å². The third kappa shape index (κ3) is 10.4. The van der Waals surface area contributed by atoms with Gasteiger partial charge in [-0.15, -0.1) is 0 Å². The topological polar surface area (TPSA) is 72.5 Å². The van der Waals surface area contributed by atoms with Gasteiger partial charge in [0, 0.05) is 6.42 Å². The maximum atomic E-state index is 11.9. The SMILES string of the molecule is CCOC(=O)C(C)(N)C(O)CCC=CCCCCCCC(F)F. The Morgan fingerprint density at radius 2 is 1.78 bits per heavy atom. The molecule has 0 bridgehead atoms. The van der Waals surface area contributed by atoms with Crippen LogP contribution in [-0.2, 0) is 9.53 Å². The maximum absolute atomic E-state index is 11.9. The standard InChI is InChI=1S/C17H31F2NO3/c1-3-23-16(22)17(2,20)14(21)12-10-8-6-4-5-7-9-11-13-15(18)19/h6,8,14-15,21H,3-5,7,9-13,20H2,1-2H3. The fourth-order valence-corrected chi connectivity index (χ4v) is 2.13. The molecule has 6 heteroatoms. The maximum Gasteiger partial charge on any atom is 0.328 e. The van der Waals surface area contributed by atoms with Crippen LogP contribution in [0.1, 0.15) is 65.2 Å². The van der Waals surface area contributed by atoms with Crippen LogP contribution in [0, 0.1) is 0 Å². The molecule has 0 aliphatic rings. The van der Waals surface area contributed by atoms with Crippen LogP contribution in [-0.4, -0.2) is 35.8 Å². The molecule has 0 fully saturated rings. The molecule has 0 aromatic heterocycles. The summed E-state index contributed by atoms with van der Waals surface area (Å²) in [6, 6.07) is 0. The zero-order valence-corrected chi connectivity index (χ0v) is 14.3. The number of halogens is 2. The van der Waals surface area contributed by atoms with Gasteiger partial charge in [-0.05, 0) is 46.0 Å². The van der Waals surface area contributed by atoms with Crippen molar-refractivity contribution in [1.82, 2.24) is 0 Å². The number of hydrogen-bond acceptors (Lipinski definition) is 4. The second kappa shape index (κ2) is 12.4. The minimum Gasteiger partial charge on any atom is -0.465 e. The summed E-state index contributed by atoms with van der Waals surface area (Å²) in [4.78, 5) is 11.6. The van der Waals surface area contributed by atoms with Crippen molar-refractivity contribution in [2.75, 3.05) is 6.61 Å². The molecule has 0 radical (unpaired) electrons. The molecular weight excluding hydrogens is 304 g/mol. The Bertz CT molecular complexity index is 347. The van der Waals surface area contributed by atoms with Gasteiger partial charge in [-0.2, -0.15) is 0 Å². The van der Waals surface area contributed by atoms with Gasteiger partial charge in [0.1, 0.15) is 5.54 Å². The van der Waals surface area contributed by atoms with Gasteiger partial charge in [0.05, 0.1) is 12.7 Å². The molecule has 2 unspecified atom stereocenters. The van der Waals surface area contributed by atoms with Gasteiger partial charge in [-0.25, -0.2) is 13.6 Å². The molecule has 0 saturated carbocycles. The van der Waals surface area contributed by atoms with Crippen molar-refractivity contribution in [2.24, 2.45) is 5.73 Å². The van der Waals surface area contributed by atoms with Gasteiger partial charge in [-0.3, -0.25) is 0 Å². The molecule has 23 heavy (non-hydrogen) atoms. The van der Waals surface area contributed by atoms with Crippen LogP contribution in [0.4, 0.5) is 8.78 Å². The number of allylic oxidation sites excluding steroid dienone is 2. The largest absolute Gasteiger partial charge is 0.465 e. The lowest BCUT2D eigenvalue weighted by molar-refractivity contribution is -0.153. The lowest BCUT2D eigenvalue weighted by atomic mass is 9.92. The van der Waals surface area contributed by atoms with Crippen molar-refractivity contribution in [3.8, 4) is 0 Å². The summed E-state index contributed by atoms with van der Waals surface area (Å²) in [6.07, 6.45) is 6.04. The van der Waals surface area contributed by atoms with Crippen molar-refractivity contribution < 1.29 is 23.4 Å². The summed E-state index contributed by atoms with van der Waals surface area (Å²) in [6.45, 7) is 3.39. The van der Waals surface area contributed by atoms with Gasteiger partial charge in [0.2, 0.25) is 6.43 Å². The molecule has 0 aromatic rings. The molecule has 0 amide bonds. The molecule has 0 spiro atoms. The van der Waals surface area contributed by atoms with E-state index in [9.17, 15) is 18.7 Å². The molecule has 0 aromatic carbocycles. The average molecular weight is 335 g/mol. The predicted molar refractivity (Wildman–Crippen MR) is 87.3 cm³/mol. The van der Waals surface area contributed by atoms with Crippen LogP contribution in [0.25, 0.3) is 0 Å². The summed E-state index contributed by atoms with van der Waals surface area (Å²) in [5, 5.41) is 10.00. The molecular formula is C17H31F2NO3. The fourth-order valence-electron chi connectivity index (χ4n) is 2.13. The second-order valence-corrected chi connectivity index (χ2v) is 5.95. The summed E-state index contributed by atoms with van der Waals surface area (Å²) in [5.74, 6) is -0.597. The molecule has 136 valence electrons. The highest BCUT2D eigenvalue weighted by Crippen LogP contribution is 2.15. The van der Waals surface area contributed by atoms with E-state index in [1.165, 1.54) is 6.92 Å². The molecule has 4 nitrogen and oxygen atoms in total. The van der Waals surface area contributed by atoms with E-state index in [0.29, 0.717) is 19.3 Å². The van der Waals surface area contributed by atoms with E-state index in [4.69, 9.17) is 10.5 Å². The Hall–Kier alpha value is -1.01. The first-order valence-electron chi connectivity index (χ1n) is 8.39. The van der Waals surface area contributed by atoms with Crippen LogP contribution in [0.15, 0.2) is 12.2 Å². The number of unbranched alkanes of at least 4 members (excludes halogenated alkanes) is 4. The number of esters is 1. The monoisotopic (exact) mass is 335 g/mol. The summed E-state index contributed by atoms with van der Waals surface area (Å²) in [7, 11) is 0. The minimum atomic E-state index is -2.19. The van der Waals surface area contributed by atoms with Crippen molar-refractivity contribution in [3.05, 3.63) is 12.2 Å². The van der Waals surface area contributed by atoms with E-state index in [-0.39, 0.29) is 13.0 Å². The zero-order chi connectivity index (χ0) is 17.7. The average Bonchev–Trinajstić information content (AvgIpc) is 2.48. The number of aliphatic hydroxyl groups is 1. The Morgan fingerprint density at radius 3 is 2.39 bits per heavy atom. The van der Waals surface area contributed by atoms with Crippen LogP contribution < -0.4 is 5.73 Å². The number of ether oxygens (including phenoxy) is 1. The lowest BCUT2D eigenvalue weighted by Crippen LogP contribution is -2.55. The number of nitrogens with two attached hydrogens (primary N) is 1. The van der Waals surface area contributed by atoms with Gasteiger partial charge in [0.15, 0.2) is 0 Å². The highest BCUT2D eigenvalue weighted by atomic mass is 19.3. The third-order valence-corrected chi connectivity index (χ3v) is 3.72. The molecule has 0 saturated heterocycles. The molecule has 0 aliphatic heterocycles. The number of carbonyl (C=O) groups is 1. The van der Waals surface area contributed by atoms with E-state index >= 15 is 0 Å². The smallest absolute Gasteiger partial charge is 0.328 e. The van der Waals surface area contributed by atoms with E-state index in [2.05, 4.69) is 0 Å². The highest BCUT2D eigenvalue weighted by Gasteiger charge is 2.37. The first kappa shape index (κ1) is 22.0. The van der Waals surface area contributed by atoms with Gasteiger partial charge in [-0.1, -0.05) is 25.0 Å². The third-order valence-electron chi connectivity index (χ3n) is 3.72. The molecule has 0 aliphatic carbocycles. The molecule has 0 heterocycles. The highest BCUT2D eigenvalue weighted by molar-refractivity contribution is 5.80. The summed E-state index contributed by atoms with van der Waals surface area (Å²) in [5.41, 5.74) is 4.42. The Kier molecular flexibility index (Phi) is 11.9. The molecule has 2 atom stereocenters. The first-order valence-corrected chi connectivity index (χ1v) is 8.39. The summed E-state index contributed by atoms with van der Waals surface area (Å²) < 4.78 is 28.7. The van der Waals surface area contributed by atoms with Crippen LogP contribution in [0.5, 0.6) is 0 Å². The quantitative estimate of drug-likeness (QED) is 0.307. The lowest BCUT2D eigenvalue weighted by Gasteiger charge is -2.27. The number of hydrogen-bond donors (Lipinski definition) is 2. The Morgan fingerprint density at radius 1 is 1.17 bits per heavy atom. The van der Waals surface area contributed by atoms with E-state index in [0.717, 1.165) is 25.7 Å². The molecule has 0 rings (SSSR count). The molecule has 3 N–H and O–H groups in total. The van der Waals surface area contributed by atoms with Gasteiger partial charge in [0.25, 0.3) is 0 Å². The number of aliphatic hydroxyl groups excluding tert-OH is 1. The van der Waals surface area contributed by atoms with Crippen LogP contribution in [0.2, 0.25) is 0 Å². The number of rotatable bonds is 13. The second-order valence-electron chi connectivity index (χ2n) is 5.95. The Balaban J connectivity index is 3.74. The summed E-state index contributed by atoms with van der Waals surface area (Å²) >= 11 is 0.